The zero-order valence-electron chi connectivity index (χ0n) is 13.1. The highest BCUT2D eigenvalue weighted by atomic mass is 16.4. The SMILES string of the molecule is CCC(CC)(CC(C)C)C(=O)NC(C(=O)O)C(C)C. The van der Waals surface area contributed by atoms with Gasteiger partial charge in [-0.1, -0.05) is 41.5 Å². The van der Waals surface area contributed by atoms with E-state index in [-0.39, 0.29) is 11.8 Å². The van der Waals surface area contributed by atoms with E-state index in [2.05, 4.69) is 19.2 Å². The number of rotatable bonds is 8. The number of carbonyl (C=O) groups excluding carboxylic acids is 1. The molecule has 0 fully saturated rings. The van der Waals surface area contributed by atoms with Crippen molar-refractivity contribution in [2.75, 3.05) is 0 Å². The largest absolute Gasteiger partial charge is 0.480 e. The highest BCUT2D eigenvalue weighted by Gasteiger charge is 2.37. The molecule has 1 atom stereocenters. The molecule has 0 heterocycles. The second-order valence-electron chi connectivity index (χ2n) is 6.12. The van der Waals surface area contributed by atoms with Crippen LogP contribution in [-0.4, -0.2) is 23.0 Å². The van der Waals surface area contributed by atoms with Crippen LogP contribution in [0.2, 0.25) is 0 Å². The average Bonchev–Trinajstić information content (AvgIpc) is 2.31. The maximum atomic E-state index is 12.5. The Morgan fingerprint density at radius 2 is 1.58 bits per heavy atom. The second-order valence-corrected chi connectivity index (χ2v) is 6.12. The number of carboxylic acids is 1. The molecule has 0 aromatic heterocycles. The molecule has 1 amide bonds. The predicted octanol–water partition coefficient (Wildman–Crippen LogP) is 3.06. The van der Waals surface area contributed by atoms with E-state index < -0.39 is 17.4 Å². The van der Waals surface area contributed by atoms with Crippen LogP contribution in [0, 0.1) is 17.3 Å². The minimum atomic E-state index is -0.964. The van der Waals surface area contributed by atoms with E-state index in [1.54, 1.807) is 13.8 Å². The minimum Gasteiger partial charge on any atom is -0.480 e. The minimum absolute atomic E-state index is 0.118. The van der Waals surface area contributed by atoms with Crippen molar-refractivity contribution in [2.24, 2.45) is 17.3 Å². The van der Waals surface area contributed by atoms with E-state index in [1.807, 2.05) is 13.8 Å². The molecule has 0 aliphatic rings. The molecule has 0 aromatic carbocycles. The number of aliphatic carboxylic acids is 1. The van der Waals surface area contributed by atoms with Gasteiger partial charge in [-0.2, -0.15) is 0 Å². The Morgan fingerprint density at radius 1 is 1.11 bits per heavy atom. The molecule has 2 N–H and O–H groups in total. The Labute approximate surface area is 117 Å². The molecule has 0 saturated carbocycles. The van der Waals surface area contributed by atoms with Crippen molar-refractivity contribution in [3.8, 4) is 0 Å². The maximum absolute atomic E-state index is 12.5. The van der Waals surface area contributed by atoms with Gasteiger partial charge in [0.05, 0.1) is 0 Å². The number of hydrogen-bond donors (Lipinski definition) is 2. The summed E-state index contributed by atoms with van der Waals surface area (Å²) >= 11 is 0. The zero-order valence-corrected chi connectivity index (χ0v) is 13.1. The van der Waals surface area contributed by atoms with E-state index in [0.29, 0.717) is 5.92 Å². The van der Waals surface area contributed by atoms with E-state index in [4.69, 9.17) is 0 Å². The molecule has 0 bridgehead atoms. The number of nitrogens with one attached hydrogen (secondary N) is 1. The van der Waals surface area contributed by atoms with Crippen LogP contribution in [0.5, 0.6) is 0 Å². The van der Waals surface area contributed by atoms with Crippen molar-refractivity contribution in [1.29, 1.82) is 0 Å². The standard InChI is InChI=1S/C15H29NO3/c1-7-15(8-2,9-10(3)4)14(19)16-12(11(5)6)13(17)18/h10-12H,7-9H2,1-6H3,(H,16,19)(H,17,18). The average molecular weight is 271 g/mol. The molecule has 0 saturated heterocycles. The number of carbonyl (C=O) groups is 2. The van der Waals surface area contributed by atoms with Crippen molar-refractivity contribution in [3.05, 3.63) is 0 Å². The van der Waals surface area contributed by atoms with Crippen LogP contribution in [0.25, 0.3) is 0 Å². The van der Waals surface area contributed by atoms with Crippen LogP contribution >= 0.6 is 0 Å². The Hall–Kier alpha value is -1.06. The molecule has 1 unspecified atom stereocenters. The lowest BCUT2D eigenvalue weighted by Gasteiger charge is -2.33. The highest BCUT2D eigenvalue weighted by Crippen LogP contribution is 2.34. The van der Waals surface area contributed by atoms with Crippen molar-refractivity contribution in [3.63, 3.8) is 0 Å². The first-order valence-electron chi connectivity index (χ1n) is 7.24. The van der Waals surface area contributed by atoms with Gasteiger partial charge in [0.1, 0.15) is 6.04 Å². The summed E-state index contributed by atoms with van der Waals surface area (Å²) in [7, 11) is 0. The lowest BCUT2D eigenvalue weighted by atomic mass is 9.74. The van der Waals surface area contributed by atoms with E-state index in [1.165, 1.54) is 0 Å². The molecule has 0 aromatic rings. The van der Waals surface area contributed by atoms with Crippen molar-refractivity contribution < 1.29 is 14.7 Å². The van der Waals surface area contributed by atoms with Gasteiger partial charge in [0.25, 0.3) is 0 Å². The summed E-state index contributed by atoms with van der Waals surface area (Å²) in [5, 5.41) is 11.9. The van der Waals surface area contributed by atoms with Crippen molar-refractivity contribution >= 4 is 11.9 Å². The van der Waals surface area contributed by atoms with Gasteiger partial charge in [-0.3, -0.25) is 4.79 Å². The quantitative estimate of drug-likeness (QED) is 0.713. The lowest BCUT2D eigenvalue weighted by molar-refractivity contribution is -0.145. The van der Waals surface area contributed by atoms with Gasteiger partial charge in [-0.25, -0.2) is 4.79 Å². The Morgan fingerprint density at radius 3 is 1.84 bits per heavy atom. The van der Waals surface area contributed by atoms with Gasteiger partial charge in [0, 0.05) is 5.41 Å². The van der Waals surface area contributed by atoms with E-state index >= 15 is 0 Å². The van der Waals surface area contributed by atoms with Gasteiger partial charge in [0.15, 0.2) is 0 Å². The predicted molar refractivity (Wildman–Crippen MR) is 76.9 cm³/mol. The third-order valence-electron chi connectivity index (χ3n) is 3.85. The summed E-state index contributed by atoms with van der Waals surface area (Å²) in [5.74, 6) is -0.791. The summed E-state index contributed by atoms with van der Waals surface area (Å²) < 4.78 is 0. The van der Waals surface area contributed by atoms with Crippen LogP contribution in [0.15, 0.2) is 0 Å². The van der Waals surface area contributed by atoms with Crippen LogP contribution in [0.1, 0.15) is 60.8 Å². The molecule has 4 nitrogen and oxygen atoms in total. The number of hydrogen-bond acceptors (Lipinski definition) is 2. The first-order valence-corrected chi connectivity index (χ1v) is 7.24. The monoisotopic (exact) mass is 271 g/mol. The van der Waals surface area contributed by atoms with Gasteiger partial charge in [0.2, 0.25) is 5.91 Å². The topological polar surface area (TPSA) is 66.4 Å². The van der Waals surface area contributed by atoms with Gasteiger partial charge >= 0.3 is 5.97 Å². The highest BCUT2D eigenvalue weighted by molar-refractivity contribution is 5.87. The number of carboxylic acid groups (broad SMARTS) is 1. The molecule has 0 aliphatic carbocycles. The Bertz CT molecular complexity index is 307. The molecule has 0 radical (unpaired) electrons. The Kier molecular flexibility index (Phi) is 7.09. The van der Waals surface area contributed by atoms with Gasteiger partial charge in [-0.15, -0.1) is 0 Å². The third-order valence-corrected chi connectivity index (χ3v) is 3.85. The lowest BCUT2D eigenvalue weighted by Crippen LogP contribution is -2.50. The molecule has 0 spiro atoms. The van der Waals surface area contributed by atoms with Crippen molar-refractivity contribution in [1.82, 2.24) is 5.32 Å². The molecule has 0 rings (SSSR count). The van der Waals surface area contributed by atoms with Gasteiger partial charge < -0.3 is 10.4 Å². The smallest absolute Gasteiger partial charge is 0.326 e. The normalized spacial score (nSPS) is 13.7. The van der Waals surface area contributed by atoms with E-state index in [9.17, 15) is 14.7 Å². The van der Waals surface area contributed by atoms with Crippen LogP contribution < -0.4 is 5.32 Å². The fourth-order valence-corrected chi connectivity index (χ4v) is 2.54. The van der Waals surface area contributed by atoms with Crippen LogP contribution in [-0.2, 0) is 9.59 Å². The first kappa shape index (κ1) is 17.9. The summed E-state index contributed by atoms with van der Waals surface area (Å²) in [6.45, 7) is 11.8. The fraction of sp³-hybridized carbons (Fsp3) is 0.867. The first-order chi connectivity index (χ1) is 8.70. The molecular weight excluding hydrogens is 242 g/mol. The van der Waals surface area contributed by atoms with Crippen LogP contribution in [0.3, 0.4) is 0 Å². The van der Waals surface area contributed by atoms with E-state index in [0.717, 1.165) is 19.3 Å². The number of amides is 1. The Balaban J connectivity index is 5.05. The summed E-state index contributed by atoms with van der Waals surface area (Å²) in [4.78, 5) is 23.7. The zero-order chi connectivity index (χ0) is 15.2. The molecule has 0 aliphatic heterocycles. The molecular formula is C15H29NO3. The second kappa shape index (κ2) is 7.51. The maximum Gasteiger partial charge on any atom is 0.326 e. The third kappa shape index (κ3) is 4.84. The fourth-order valence-electron chi connectivity index (χ4n) is 2.54. The summed E-state index contributed by atoms with van der Waals surface area (Å²) in [6.07, 6.45) is 2.26. The molecule has 112 valence electrons. The molecule has 4 heteroatoms. The summed E-state index contributed by atoms with van der Waals surface area (Å²) in [6, 6.07) is -0.808. The van der Waals surface area contributed by atoms with Gasteiger partial charge in [-0.05, 0) is 31.1 Å². The summed E-state index contributed by atoms with van der Waals surface area (Å²) in [5.41, 5.74) is -0.448. The van der Waals surface area contributed by atoms with Crippen LogP contribution in [0.4, 0.5) is 0 Å². The van der Waals surface area contributed by atoms with Crippen molar-refractivity contribution in [2.45, 2.75) is 66.8 Å². The molecule has 19 heavy (non-hydrogen) atoms.